The van der Waals surface area contributed by atoms with Gasteiger partial charge < -0.3 is 11.5 Å². The number of nitrogens with two attached hydrogens (primary N) is 2. The Bertz CT molecular complexity index is 341. The predicted octanol–water partition coefficient (Wildman–Crippen LogP) is 1.68. The van der Waals surface area contributed by atoms with Gasteiger partial charge in [0.1, 0.15) is 0 Å². The summed E-state index contributed by atoms with van der Waals surface area (Å²) >= 11 is 3.27. The average Bonchev–Trinajstić information content (AvgIpc) is 2.00. The van der Waals surface area contributed by atoms with E-state index in [1.54, 1.807) is 12.1 Å². The van der Waals surface area contributed by atoms with Crippen molar-refractivity contribution in [2.45, 2.75) is 6.42 Å². The molecule has 0 fully saturated rings. The molecule has 0 aromatic heterocycles. The van der Waals surface area contributed by atoms with Crippen molar-refractivity contribution in [3.8, 4) is 6.07 Å². The second-order valence-electron chi connectivity index (χ2n) is 2.40. The zero-order valence-corrected chi connectivity index (χ0v) is 7.93. The van der Waals surface area contributed by atoms with E-state index >= 15 is 0 Å². The van der Waals surface area contributed by atoms with Crippen LogP contribution in [0.1, 0.15) is 5.56 Å². The summed E-state index contributed by atoms with van der Waals surface area (Å²) in [6.07, 6.45) is 0.287. The Morgan fingerprint density at radius 3 is 2.67 bits per heavy atom. The van der Waals surface area contributed by atoms with Crippen LogP contribution < -0.4 is 11.5 Å². The van der Waals surface area contributed by atoms with Crippen molar-refractivity contribution in [2.24, 2.45) is 0 Å². The predicted molar refractivity (Wildman–Crippen MR) is 52.3 cm³/mol. The van der Waals surface area contributed by atoms with Gasteiger partial charge in [0.15, 0.2) is 0 Å². The molecule has 4 N–H and O–H groups in total. The molecule has 12 heavy (non-hydrogen) atoms. The first-order chi connectivity index (χ1) is 5.65. The fraction of sp³-hybridized carbons (Fsp3) is 0.125. The molecule has 4 heteroatoms. The minimum Gasteiger partial charge on any atom is -0.397 e. The highest BCUT2D eigenvalue weighted by Crippen LogP contribution is 2.25. The third kappa shape index (κ3) is 1.69. The lowest BCUT2D eigenvalue weighted by Crippen LogP contribution is -1.99. The Hall–Kier alpha value is -1.21. The van der Waals surface area contributed by atoms with E-state index in [9.17, 15) is 0 Å². The molecule has 0 spiro atoms. The van der Waals surface area contributed by atoms with Crippen LogP contribution >= 0.6 is 15.9 Å². The standard InChI is InChI=1S/C8H8BrN3/c9-6-3-5(1-2-10)8(12)7(11)4-6/h3-4H,1,11-12H2. The highest BCUT2D eigenvalue weighted by molar-refractivity contribution is 9.10. The molecule has 0 saturated carbocycles. The SMILES string of the molecule is N#CCc1cc(Br)cc(N)c1N. The van der Waals surface area contributed by atoms with E-state index in [0.717, 1.165) is 10.0 Å². The van der Waals surface area contributed by atoms with Crippen LogP contribution in [0.25, 0.3) is 0 Å². The number of benzene rings is 1. The third-order valence-corrected chi connectivity index (χ3v) is 1.99. The number of halogens is 1. The van der Waals surface area contributed by atoms with Crippen LogP contribution in [-0.2, 0) is 6.42 Å². The van der Waals surface area contributed by atoms with Crippen LogP contribution in [-0.4, -0.2) is 0 Å². The molecule has 0 bridgehead atoms. The maximum atomic E-state index is 8.46. The quantitative estimate of drug-likeness (QED) is 0.715. The van der Waals surface area contributed by atoms with Gasteiger partial charge in [-0.15, -0.1) is 0 Å². The van der Waals surface area contributed by atoms with E-state index in [1.165, 1.54) is 0 Å². The summed E-state index contributed by atoms with van der Waals surface area (Å²) in [5.41, 5.74) is 13.0. The lowest BCUT2D eigenvalue weighted by Gasteiger charge is -2.05. The van der Waals surface area contributed by atoms with Crippen molar-refractivity contribution >= 4 is 27.3 Å². The van der Waals surface area contributed by atoms with Gasteiger partial charge in [0, 0.05) is 4.47 Å². The largest absolute Gasteiger partial charge is 0.397 e. The molecule has 0 aliphatic rings. The van der Waals surface area contributed by atoms with Crippen LogP contribution in [0.15, 0.2) is 16.6 Å². The molecule has 1 aromatic rings. The number of nitrogens with zero attached hydrogens (tertiary/aromatic N) is 1. The summed E-state index contributed by atoms with van der Waals surface area (Å²) in [5.74, 6) is 0. The summed E-state index contributed by atoms with van der Waals surface area (Å²) in [6.45, 7) is 0. The summed E-state index contributed by atoms with van der Waals surface area (Å²) in [4.78, 5) is 0. The fourth-order valence-corrected chi connectivity index (χ4v) is 1.45. The average molecular weight is 226 g/mol. The summed E-state index contributed by atoms with van der Waals surface area (Å²) < 4.78 is 0.847. The minimum absolute atomic E-state index is 0.287. The van der Waals surface area contributed by atoms with Gasteiger partial charge in [-0.25, -0.2) is 0 Å². The number of nitriles is 1. The number of hydrogen-bond acceptors (Lipinski definition) is 3. The number of nitrogen functional groups attached to an aromatic ring is 2. The molecule has 0 aliphatic heterocycles. The monoisotopic (exact) mass is 225 g/mol. The molecule has 3 nitrogen and oxygen atoms in total. The zero-order valence-electron chi connectivity index (χ0n) is 6.34. The van der Waals surface area contributed by atoms with Gasteiger partial charge in [-0.1, -0.05) is 15.9 Å². The Balaban J connectivity index is 3.20. The first kappa shape index (κ1) is 8.88. The van der Waals surface area contributed by atoms with Gasteiger partial charge in [-0.05, 0) is 17.7 Å². The summed E-state index contributed by atoms with van der Waals surface area (Å²) in [6, 6.07) is 5.54. The lowest BCUT2D eigenvalue weighted by atomic mass is 10.1. The first-order valence-electron chi connectivity index (χ1n) is 3.35. The van der Waals surface area contributed by atoms with E-state index in [0.29, 0.717) is 11.4 Å². The highest BCUT2D eigenvalue weighted by atomic mass is 79.9. The molecule has 0 aliphatic carbocycles. The maximum absolute atomic E-state index is 8.46. The second kappa shape index (κ2) is 3.46. The summed E-state index contributed by atoms with van der Waals surface area (Å²) in [7, 11) is 0. The van der Waals surface area contributed by atoms with E-state index in [4.69, 9.17) is 16.7 Å². The maximum Gasteiger partial charge on any atom is 0.0670 e. The van der Waals surface area contributed by atoms with E-state index in [1.807, 2.05) is 6.07 Å². The van der Waals surface area contributed by atoms with Crippen molar-refractivity contribution in [1.29, 1.82) is 5.26 Å². The van der Waals surface area contributed by atoms with Crippen LogP contribution in [0.2, 0.25) is 0 Å². The van der Waals surface area contributed by atoms with E-state index in [-0.39, 0.29) is 6.42 Å². The molecule has 0 unspecified atom stereocenters. The number of hydrogen-bond donors (Lipinski definition) is 2. The van der Waals surface area contributed by atoms with Crippen LogP contribution in [0.5, 0.6) is 0 Å². The topological polar surface area (TPSA) is 75.8 Å². The third-order valence-electron chi connectivity index (χ3n) is 1.53. The number of rotatable bonds is 1. The second-order valence-corrected chi connectivity index (χ2v) is 3.32. The van der Waals surface area contributed by atoms with Gasteiger partial charge in [0.05, 0.1) is 23.9 Å². The highest BCUT2D eigenvalue weighted by Gasteiger charge is 2.03. The van der Waals surface area contributed by atoms with Gasteiger partial charge in [0.2, 0.25) is 0 Å². The molecule has 1 aromatic carbocycles. The van der Waals surface area contributed by atoms with Crippen LogP contribution in [0.4, 0.5) is 11.4 Å². The van der Waals surface area contributed by atoms with Crippen molar-refractivity contribution in [2.75, 3.05) is 11.5 Å². The zero-order chi connectivity index (χ0) is 9.14. The molecular weight excluding hydrogens is 218 g/mol. The van der Waals surface area contributed by atoms with Crippen molar-refractivity contribution in [3.63, 3.8) is 0 Å². The Morgan fingerprint density at radius 2 is 2.08 bits per heavy atom. The fourth-order valence-electron chi connectivity index (χ4n) is 0.929. The van der Waals surface area contributed by atoms with Crippen molar-refractivity contribution in [3.05, 3.63) is 22.2 Å². The molecule has 0 amide bonds. The van der Waals surface area contributed by atoms with Crippen LogP contribution in [0, 0.1) is 11.3 Å². The molecule has 0 saturated heterocycles. The Labute approximate surface area is 79.1 Å². The van der Waals surface area contributed by atoms with Crippen LogP contribution in [0.3, 0.4) is 0 Å². The molecular formula is C8H8BrN3. The minimum atomic E-state index is 0.287. The lowest BCUT2D eigenvalue weighted by molar-refractivity contribution is 1.26. The first-order valence-corrected chi connectivity index (χ1v) is 4.14. The number of anilines is 2. The normalized spacial score (nSPS) is 9.33. The van der Waals surface area contributed by atoms with Crippen molar-refractivity contribution < 1.29 is 0 Å². The van der Waals surface area contributed by atoms with Gasteiger partial charge in [0.25, 0.3) is 0 Å². The Morgan fingerprint density at radius 1 is 1.42 bits per heavy atom. The van der Waals surface area contributed by atoms with Gasteiger partial charge in [-0.3, -0.25) is 0 Å². The Kier molecular flexibility index (Phi) is 2.56. The van der Waals surface area contributed by atoms with E-state index < -0.39 is 0 Å². The molecule has 1 rings (SSSR count). The summed E-state index contributed by atoms with van der Waals surface area (Å²) in [5, 5.41) is 8.46. The molecule has 0 atom stereocenters. The molecule has 62 valence electrons. The van der Waals surface area contributed by atoms with E-state index in [2.05, 4.69) is 15.9 Å². The molecule has 0 heterocycles. The smallest absolute Gasteiger partial charge is 0.0670 e. The van der Waals surface area contributed by atoms with Gasteiger partial charge >= 0.3 is 0 Å². The van der Waals surface area contributed by atoms with Gasteiger partial charge in [-0.2, -0.15) is 5.26 Å². The van der Waals surface area contributed by atoms with Crippen molar-refractivity contribution in [1.82, 2.24) is 0 Å². The molecule has 0 radical (unpaired) electrons.